The zero-order chi connectivity index (χ0) is 10.7. The van der Waals surface area contributed by atoms with Gasteiger partial charge < -0.3 is 14.9 Å². The van der Waals surface area contributed by atoms with Gasteiger partial charge in [-0.25, -0.2) is 10.5 Å². The molecule has 0 aliphatic carbocycles. The van der Waals surface area contributed by atoms with Gasteiger partial charge in [-0.15, -0.1) is 0 Å². The van der Waals surface area contributed by atoms with Crippen LogP contribution in [0.4, 0.5) is 0 Å². The second-order valence-corrected chi connectivity index (χ2v) is 2.53. The fourth-order valence-corrected chi connectivity index (χ4v) is 0.997. The molecular formula is C8H8O6. The maximum atomic E-state index is 10.9. The number of carbonyl (C=O) groups excluding carboxylic acids is 1. The van der Waals surface area contributed by atoms with Crippen LogP contribution in [0.5, 0.6) is 17.2 Å². The summed E-state index contributed by atoms with van der Waals surface area (Å²) in [6.07, 6.45) is 0. The maximum absolute atomic E-state index is 10.9. The molecule has 0 aliphatic heterocycles. The molecule has 0 fully saturated rings. The van der Waals surface area contributed by atoms with Gasteiger partial charge in [-0.05, 0) is 19.1 Å². The van der Waals surface area contributed by atoms with Gasteiger partial charge in [0, 0.05) is 0 Å². The molecule has 6 nitrogen and oxygen atoms in total. The predicted octanol–water partition coefficient (Wildman–Crippen LogP) is 1.30. The molecule has 0 saturated carbocycles. The van der Waals surface area contributed by atoms with Crippen LogP contribution in [0.1, 0.15) is 17.3 Å². The quantitative estimate of drug-likeness (QED) is 0.386. The minimum atomic E-state index is -0.591. The minimum Gasteiger partial charge on any atom is -0.504 e. The predicted molar refractivity (Wildman–Crippen MR) is 44.6 cm³/mol. The van der Waals surface area contributed by atoms with E-state index in [-0.39, 0.29) is 11.3 Å². The molecule has 14 heavy (non-hydrogen) atoms. The Bertz CT molecular complexity index is 359. The Morgan fingerprint density at radius 2 is 1.93 bits per heavy atom. The number of phenolic OH excluding ortho intramolecular Hbond substituents is 1. The van der Waals surface area contributed by atoms with Crippen LogP contribution in [0.3, 0.4) is 0 Å². The lowest BCUT2D eigenvalue weighted by Gasteiger charge is -2.07. The number of hydrogen-bond donors (Lipinski definition) is 3. The lowest BCUT2D eigenvalue weighted by atomic mass is 10.1. The minimum absolute atomic E-state index is 0.0464. The Morgan fingerprint density at radius 3 is 2.36 bits per heavy atom. The van der Waals surface area contributed by atoms with Crippen LogP contribution in [-0.2, 0) is 0 Å². The first-order chi connectivity index (χ1) is 6.61. The van der Waals surface area contributed by atoms with E-state index in [4.69, 9.17) is 10.5 Å². The fourth-order valence-electron chi connectivity index (χ4n) is 0.997. The summed E-state index contributed by atoms with van der Waals surface area (Å²) >= 11 is 0. The number of ketones is 1. The van der Waals surface area contributed by atoms with E-state index in [0.29, 0.717) is 0 Å². The smallest absolute Gasteiger partial charge is 0.253 e. The number of hydrogen-bond acceptors (Lipinski definition) is 6. The summed E-state index contributed by atoms with van der Waals surface area (Å²) in [5.74, 6) is -1.81. The Hall–Kier alpha value is -1.79. The highest BCUT2D eigenvalue weighted by Gasteiger charge is 2.18. The lowest BCUT2D eigenvalue weighted by molar-refractivity contribution is -0.165. The van der Waals surface area contributed by atoms with Crippen molar-refractivity contribution in [2.24, 2.45) is 0 Å². The third-order valence-corrected chi connectivity index (χ3v) is 1.66. The normalized spacial score (nSPS) is 9.64. The highest BCUT2D eigenvalue weighted by Crippen LogP contribution is 2.38. The van der Waals surface area contributed by atoms with E-state index in [1.807, 2.05) is 0 Å². The van der Waals surface area contributed by atoms with Crippen LogP contribution < -0.4 is 9.78 Å². The van der Waals surface area contributed by atoms with E-state index >= 15 is 0 Å². The number of rotatable bonds is 3. The Balaban J connectivity index is 3.34. The van der Waals surface area contributed by atoms with E-state index in [1.54, 1.807) is 0 Å². The van der Waals surface area contributed by atoms with Gasteiger partial charge in [0.25, 0.3) is 5.75 Å². The average Bonchev–Trinajstić information content (AvgIpc) is 2.16. The number of benzene rings is 1. The van der Waals surface area contributed by atoms with Crippen molar-refractivity contribution in [3.8, 4) is 17.2 Å². The molecule has 0 radical (unpaired) electrons. The topological polar surface area (TPSA) is 96.2 Å². The van der Waals surface area contributed by atoms with Crippen molar-refractivity contribution in [2.75, 3.05) is 0 Å². The van der Waals surface area contributed by atoms with E-state index < -0.39 is 17.3 Å². The molecule has 6 heteroatoms. The molecule has 1 aromatic rings. The summed E-state index contributed by atoms with van der Waals surface area (Å²) < 4.78 is 0. The van der Waals surface area contributed by atoms with E-state index in [0.717, 1.165) is 0 Å². The second kappa shape index (κ2) is 3.95. The summed E-state index contributed by atoms with van der Waals surface area (Å²) in [5, 5.41) is 26.1. The number of carbonyl (C=O) groups is 1. The summed E-state index contributed by atoms with van der Waals surface area (Å²) in [7, 11) is 0. The van der Waals surface area contributed by atoms with Crippen molar-refractivity contribution in [2.45, 2.75) is 6.92 Å². The van der Waals surface area contributed by atoms with Gasteiger partial charge in [0.05, 0.1) is 5.56 Å². The number of Topliss-reactive ketones (excluding diaryl/α,β-unsaturated/α-hetero) is 1. The summed E-state index contributed by atoms with van der Waals surface area (Å²) in [6.45, 7) is 1.23. The second-order valence-electron chi connectivity index (χ2n) is 2.53. The molecule has 0 aromatic heterocycles. The first-order valence-corrected chi connectivity index (χ1v) is 3.61. The molecule has 0 unspecified atom stereocenters. The molecule has 0 saturated heterocycles. The molecule has 0 atom stereocenters. The van der Waals surface area contributed by atoms with Crippen LogP contribution in [0.25, 0.3) is 0 Å². The monoisotopic (exact) mass is 200 g/mol. The fraction of sp³-hybridized carbons (Fsp3) is 0.125. The van der Waals surface area contributed by atoms with Crippen LogP contribution in [-0.4, -0.2) is 21.4 Å². The van der Waals surface area contributed by atoms with Crippen LogP contribution in [0.15, 0.2) is 12.1 Å². The SMILES string of the molecule is CC(=O)c1ccc(OO)c(OO)c1O. The van der Waals surface area contributed by atoms with E-state index in [2.05, 4.69) is 9.78 Å². The molecule has 0 aliphatic rings. The van der Waals surface area contributed by atoms with Crippen molar-refractivity contribution in [1.29, 1.82) is 0 Å². The van der Waals surface area contributed by atoms with E-state index in [9.17, 15) is 9.90 Å². The van der Waals surface area contributed by atoms with Gasteiger partial charge in [0.1, 0.15) is 0 Å². The van der Waals surface area contributed by atoms with Gasteiger partial charge in [0.15, 0.2) is 11.5 Å². The van der Waals surface area contributed by atoms with Crippen molar-refractivity contribution in [1.82, 2.24) is 0 Å². The Labute approximate surface area is 78.8 Å². The average molecular weight is 200 g/mol. The molecule has 1 aromatic carbocycles. The van der Waals surface area contributed by atoms with Gasteiger partial charge in [0.2, 0.25) is 5.75 Å². The summed E-state index contributed by atoms with van der Waals surface area (Å²) in [5.41, 5.74) is -0.0464. The molecule has 0 bridgehead atoms. The first-order valence-electron chi connectivity index (χ1n) is 3.61. The zero-order valence-corrected chi connectivity index (χ0v) is 7.22. The zero-order valence-electron chi connectivity index (χ0n) is 7.22. The Morgan fingerprint density at radius 1 is 1.29 bits per heavy atom. The molecule has 0 amide bonds. The summed E-state index contributed by atoms with van der Waals surface area (Å²) in [6, 6.07) is 2.40. The van der Waals surface area contributed by atoms with Crippen LogP contribution in [0, 0.1) is 0 Å². The maximum Gasteiger partial charge on any atom is 0.253 e. The molecule has 0 heterocycles. The molecule has 76 valence electrons. The largest absolute Gasteiger partial charge is 0.504 e. The van der Waals surface area contributed by atoms with Crippen LogP contribution in [0.2, 0.25) is 0 Å². The lowest BCUT2D eigenvalue weighted by Crippen LogP contribution is -1.98. The van der Waals surface area contributed by atoms with Crippen molar-refractivity contribution >= 4 is 5.78 Å². The molecule has 0 spiro atoms. The van der Waals surface area contributed by atoms with Gasteiger partial charge in [-0.3, -0.25) is 4.79 Å². The number of phenols is 1. The van der Waals surface area contributed by atoms with Crippen LogP contribution >= 0.6 is 0 Å². The van der Waals surface area contributed by atoms with Gasteiger partial charge >= 0.3 is 0 Å². The third kappa shape index (κ3) is 1.61. The van der Waals surface area contributed by atoms with Crippen molar-refractivity contribution < 1.29 is 30.2 Å². The van der Waals surface area contributed by atoms with Gasteiger partial charge in [-0.2, -0.15) is 0 Å². The first kappa shape index (κ1) is 10.3. The van der Waals surface area contributed by atoms with Crippen molar-refractivity contribution in [3.63, 3.8) is 0 Å². The number of aromatic hydroxyl groups is 1. The highest BCUT2D eigenvalue weighted by molar-refractivity contribution is 5.97. The van der Waals surface area contributed by atoms with Crippen molar-refractivity contribution in [3.05, 3.63) is 17.7 Å². The molecular weight excluding hydrogens is 192 g/mol. The Kier molecular flexibility index (Phi) is 2.90. The molecule has 1 rings (SSSR count). The third-order valence-electron chi connectivity index (χ3n) is 1.66. The standard InChI is InChI=1S/C8H8O6/c1-4(9)5-2-3-6(13-11)8(14-12)7(5)10/h2-3,10-12H,1H3. The molecule has 3 N–H and O–H groups in total. The summed E-state index contributed by atoms with van der Waals surface area (Å²) in [4.78, 5) is 18.5. The van der Waals surface area contributed by atoms with E-state index in [1.165, 1.54) is 19.1 Å². The highest BCUT2D eigenvalue weighted by atomic mass is 17.1. The van der Waals surface area contributed by atoms with Gasteiger partial charge in [-0.1, -0.05) is 0 Å².